The number of furan rings is 1. The molecule has 1 aliphatic rings. The molecule has 0 aliphatic carbocycles. The van der Waals surface area contributed by atoms with Gasteiger partial charge in [0.1, 0.15) is 0 Å². The molecule has 0 N–H and O–H groups in total. The van der Waals surface area contributed by atoms with Gasteiger partial charge < -0.3 is 14.2 Å². The monoisotopic (exact) mass is 331 g/mol. The second-order valence-electron chi connectivity index (χ2n) is 4.77. The summed E-state index contributed by atoms with van der Waals surface area (Å²) in [5, 5.41) is 1.34. The van der Waals surface area contributed by atoms with Gasteiger partial charge in [0.05, 0.1) is 6.26 Å². The second kappa shape index (κ2) is 5.64. The summed E-state index contributed by atoms with van der Waals surface area (Å²) < 4.78 is 42.7. The van der Waals surface area contributed by atoms with Crippen molar-refractivity contribution in [3.63, 3.8) is 0 Å². The molecule has 0 aromatic carbocycles. The highest BCUT2D eigenvalue weighted by Gasteiger charge is 2.35. The van der Waals surface area contributed by atoms with Crippen molar-refractivity contribution >= 4 is 22.4 Å². The number of rotatable bonds is 2. The largest absolute Gasteiger partial charge is 0.459 e. The van der Waals surface area contributed by atoms with E-state index in [1.165, 1.54) is 6.26 Å². The fourth-order valence-electron chi connectivity index (χ4n) is 2.20. The van der Waals surface area contributed by atoms with Crippen LogP contribution in [0.4, 0.5) is 18.3 Å². The van der Waals surface area contributed by atoms with E-state index in [1.807, 2.05) is 0 Å². The van der Waals surface area contributed by atoms with Gasteiger partial charge in [0.2, 0.25) is 0 Å². The van der Waals surface area contributed by atoms with E-state index in [0.717, 1.165) is 16.7 Å². The average Bonchev–Trinajstić information content (AvgIpc) is 3.17. The molecule has 5 nitrogen and oxygen atoms in total. The van der Waals surface area contributed by atoms with E-state index in [4.69, 9.17) is 4.42 Å². The zero-order chi connectivity index (χ0) is 15.7. The van der Waals surface area contributed by atoms with Crippen molar-refractivity contribution in [2.75, 3.05) is 31.1 Å². The van der Waals surface area contributed by atoms with Gasteiger partial charge in [-0.1, -0.05) is 0 Å². The van der Waals surface area contributed by atoms with Crippen LogP contribution in [0.3, 0.4) is 0 Å². The molecule has 22 heavy (non-hydrogen) atoms. The predicted molar refractivity (Wildman–Crippen MR) is 73.9 cm³/mol. The van der Waals surface area contributed by atoms with Crippen LogP contribution in [0, 0.1) is 0 Å². The Morgan fingerprint density at radius 1 is 1.27 bits per heavy atom. The van der Waals surface area contributed by atoms with Crippen LogP contribution >= 0.6 is 11.3 Å². The van der Waals surface area contributed by atoms with E-state index >= 15 is 0 Å². The SMILES string of the molecule is O=C(c1ccco1)N1CCN(c2nc(C(F)(F)F)cs2)CC1. The average molecular weight is 331 g/mol. The minimum absolute atomic E-state index is 0.209. The molecular formula is C13H12F3N3O2S. The number of hydrogen-bond acceptors (Lipinski definition) is 5. The first-order valence-electron chi connectivity index (χ1n) is 6.55. The summed E-state index contributed by atoms with van der Waals surface area (Å²) in [6.45, 7) is 1.72. The first-order valence-corrected chi connectivity index (χ1v) is 7.43. The molecule has 118 valence electrons. The Morgan fingerprint density at radius 2 is 2.00 bits per heavy atom. The number of thiazole rings is 1. The quantitative estimate of drug-likeness (QED) is 0.849. The lowest BCUT2D eigenvalue weighted by molar-refractivity contribution is -0.140. The van der Waals surface area contributed by atoms with Crippen LogP contribution in [0.15, 0.2) is 28.2 Å². The number of aromatic nitrogens is 1. The van der Waals surface area contributed by atoms with Crippen molar-refractivity contribution < 1.29 is 22.4 Å². The van der Waals surface area contributed by atoms with Crippen LogP contribution in [0.25, 0.3) is 0 Å². The fourth-order valence-corrected chi connectivity index (χ4v) is 3.08. The van der Waals surface area contributed by atoms with Crippen molar-refractivity contribution in [2.24, 2.45) is 0 Å². The maximum atomic E-state index is 12.6. The summed E-state index contributed by atoms with van der Waals surface area (Å²) in [6.07, 6.45) is -3.00. The fraction of sp³-hybridized carbons (Fsp3) is 0.385. The normalized spacial score (nSPS) is 16.1. The summed E-state index contributed by atoms with van der Waals surface area (Å²) >= 11 is 0.963. The smallest absolute Gasteiger partial charge is 0.434 e. The molecule has 0 atom stereocenters. The van der Waals surface area contributed by atoms with Crippen molar-refractivity contribution in [2.45, 2.75) is 6.18 Å². The number of piperazine rings is 1. The lowest BCUT2D eigenvalue weighted by atomic mass is 10.3. The Balaban J connectivity index is 1.62. The van der Waals surface area contributed by atoms with E-state index < -0.39 is 11.9 Å². The van der Waals surface area contributed by atoms with E-state index in [9.17, 15) is 18.0 Å². The van der Waals surface area contributed by atoms with Crippen LogP contribution in [0.2, 0.25) is 0 Å². The van der Waals surface area contributed by atoms with Gasteiger partial charge >= 0.3 is 6.18 Å². The Labute approximate surface area is 128 Å². The molecule has 0 saturated carbocycles. The number of hydrogen-bond donors (Lipinski definition) is 0. The Kier molecular flexibility index (Phi) is 3.81. The number of alkyl halides is 3. The van der Waals surface area contributed by atoms with Gasteiger partial charge in [0, 0.05) is 31.6 Å². The maximum Gasteiger partial charge on any atom is 0.434 e. The Hall–Kier alpha value is -2.03. The molecule has 9 heteroatoms. The lowest BCUT2D eigenvalue weighted by Crippen LogP contribution is -2.48. The van der Waals surface area contributed by atoms with Crippen LogP contribution in [0.1, 0.15) is 16.2 Å². The van der Waals surface area contributed by atoms with Crippen LogP contribution in [-0.2, 0) is 6.18 Å². The molecule has 3 heterocycles. The van der Waals surface area contributed by atoms with Gasteiger partial charge in [-0.15, -0.1) is 11.3 Å². The highest BCUT2D eigenvalue weighted by atomic mass is 32.1. The molecule has 0 radical (unpaired) electrons. The summed E-state index contributed by atoms with van der Waals surface area (Å²) in [6, 6.07) is 3.23. The zero-order valence-electron chi connectivity index (χ0n) is 11.3. The molecule has 0 spiro atoms. The number of carbonyl (C=O) groups excluding carboxylic acids is 1. The van der Waals surface area contributed by atoms with Crippen molar-refractivity contribution in [1.29, 1.82) is 0 Å². The Bertz CT molecular complexity index is 646. The van der Waals surface area contributed by atoms with Gasteiger partial charge in [-0.25, -0.2) is 4.98 Å². The summed E-state index contributed by atoms with van der Waals surface area (Å²) in [5.41, 5.74) is -0.874. The molecule has 3 rings (SSSR count). The van der Waals surface area contributed by atoms with E-state index in [-0.39, 0.29) is 11.7 Å². The van der Waals surface area contributed by atoms with Crippen molar-refractivity contribution in [3.05, 3.63) is 35.2 Å². The molecule has 2 aromatic heterocycles. The molecule has 1 aliphatic heterocycles. The van der Waals surface area contributed by atoms with Gasteiger partial charge in [-0.2, -0.15) is 13.2 Å². The number of amides is 1. The molecule has 0 bridgehead atoms. The molecule has 1 saturated heterocycles. The predicted octanol–water partition coefficient (Wildman–Crippen LogP) is 2.72. The van der Waals surface area contributed by atoms with Gasteiger partial charge in [-0.3, -0.25) is 4.79 Å². The number of anilines is 1. The van der Waals surface area contributed by atoms with Crippen LogP contribution in [-0.4, -0.2) is 42.0 Å². The summed E-state index contributed by atoms with van der Waals surface area (Å²) in [5.74, 6) is 0.0572. The highest BCUT2D eigenvalue weighted by Crippen LogP contribution is 2.33. The van der Waals surface area contributed by atoms with E-state index in [2.05, 4.69) is 4.98 Å². The number of halogens is 3. The number of nitrogens with zero attached hydrogens (tertiary/aromatic N) is 3. The van der Waals surface area contributed by atoms with E-state index in [1.54, 1.807) is 21.9 Å². The van der Waals surface area contributed by atoms with E-state index in [0.29, 0.717) is 31.3 Å². The minimum Gasteiger partial charge on any atom is -0.459 e. The molecule has 0 unspecified atom stereocenters. The van der Waals surface area contributed by atoms with Crippen LogP contribution < -0.4 is 4.90 Å². The first-order chi connectivity index (χ1) is 10.4. The third-order valence-electron chi connectivity index (χ3n) is 3.35. The minimum atomic E-state index is -4.42. The third kappa shape index (κ3) is 2.94. The molecule has 1 amide bonds. The van der Waals surface area contributed by atoms with Gasteiger partial charge in [0.15, 0.2) is 16.6 Å². The van der Waals surface area contributed by atoms with Gasteiger partial charge in [0.25, 0.3) is 5.91 Å². The topological polar surface area (TPSA) is 49.6 Å². The molecular weight excluding hydrogens is 319 g/mol. The summed E-state index contributed by atoms with van der Waals surface area (Å²) in [7, 11) is 0. The third-order valence-corrected chi connectivity index (χ3v) is 4.25. The number of carbonyl (C=O) groups is 1. The van der Waals surface area contributed by atoms with Crippen molar-refractivity contribution in [3.8, 4) is 0 Å². The van der Waals surface area contributed by atoms with Gasteiger partial charge in [-0.05, 0) is 12.1 Å². The maximum absolute atomic E-state index is 12.6. The standard InChI is InChI=1S/C13H12F3N3O2S/c14-13(15,16)10-8-22-12(17-10)19-5-3-18(4-6-19)11(20)9-2-1-7-21-9/h1-2,7-8H,3-6H2. The second-order valence-corrected chi connectivity index (χ2v) is 5.61. The summed E-state index contributed by atoms with van der Waals surface area (Å²) in [4.78, 5) is 19.1. The highest BCUT2D eigenvalue weighted by molar-refractivity contribution is 7.13. The first kappa shape index (κ1) is 14.9. The molecule has 1 fully saturated rings. The van der Waals surface area contributed by atoms with Crippen LogP contribution in [0.5, 0.6) is 0 Å². The van der Waals surface area contributed by atoms with Crippen molar-refractivity contribution in [1.82, 2.24) is 9.88 Å². The lowest BCUT2D eigenvalue weighted by Gasteiger charge is -2.34. The molecule has 2 aromatic rings. The Morgan fingerprint density at radius 3 is 2.55 bits per heavy atom. The zero-order valence-corrected chi connectivity index (χ0v) is 12.2.